The molecule has 0 spiro atoms. The van der Waals surface area contributed by atoms with Crippen LogP contribution >= 0.6 is 0 Å². The number of carbonyl (C=O) groups excluding carboxylic acids is 2. The lowest BCUT2D eigenvalue weighted by atomic mass is 9.92. The second-order valence-corrected chi connectivity index (χ2v) is 8.40. The summed E-state index contributed by atoms with van der Waals surface area (Å²) in [5.41, 5.74) is 3.13. The van der Waals surface area contributed by atoms with E-state index >= 15 is 0 Å². The van der Waals surface area contributed by atoms with Gasteiger partial charge in [0.1, 0.15) is 5.56 Å². The summed E-state index contributed by atoms with van der Waals surface area (Å²) in [5.74, 6) is -1.17. The molecule has 0 radical (unpaired) electrons. The fraction of sp³-hybridized carbons (Fsp3) is 0.167. The number of hydrogen-bond donors (Lipinski definition) is 0. The van der Waals surface area contributed by atoms with Crippen LogP contribution < -0.4 is 0 Å². The van der Waals surface area contributed by atoms with E-state index in [0.717, 1.165) is 32.7 Å². The van der Waals surface area contributed by atoms with Crippen LogP contribution in [0.1, 0.15) is 40.1 Å². The van der Waals surface area contributed by atoms with Gasteiger partial charge in [0.05, 0.1) is 30.0 Å². The standard InChI is InChI=1S/C30H25NO4/c1-4-34-29(32)26-25-23-17-21-9-7-6-8-20(21)16-22(23)14-15-24(25)31-28(27(26)30(33)35-5-2)19-12-10-18(3)11-13-19/h6-17H,4-5H2,1-3H3. The maximum Gasteiger partial charge on any atom is 0.341 e. The molecule has 4 aromatic carbocycles. The summed E-state index contributed by atoms with van der Waals surface area (Å²) in [6, 6.07) is 23.7. The van der Waals surface area contributed by atoms with Gasteiger partial charge < -0.3 is 9.47 Å². The number of nitrogens with zero attached hydrogens (tertiary/aromatic N) is 1. The van der Waals surface area contributed by atoms with Gasteiger partial charge in [-0.2, -0.15) is 0 Å². The van der Waals surface area contributed by atoms with Crippen LogP contribution in [0, 0.1) is 6.92 Å². The monoisotopic (exact) mass is 463 g/mol. The number of hydrogen-bond acceptors (Lipinski definition) is 5. The number of fused-ring (bicyclic) bond motifs is 4. The van der Waals surface area contributed by atoms with Crippen LogP contribution in [0.15, 0.2) is 72.8 Å². The molecule has 5 aromatic rings. The average molecular weight is 464 g/mol. The lowest BCUT2D eigenvalue weighted by molar-refractivity contribution is 0.0481. The van der Waals surface area contributed by atoms with Crippen molar-refractivity contribution < 1.29 is 19.1 Å². The first kappa shape index (κ1) is 22.5. The van der Waals surface area contributed by atoms with E-state index in [1.165, 1.54) is 0 Å². The molecule has 0 atom stereocenters. The molecule has 0 saturated carbocycles. The molecule has 1 aromatic heterocycles. The van der Waals surface area contributed by atoms with Gasteiger partial charge in [-0.25, -0.2) is 14.6 Å². The van der Waals surface area contributed by atoms with Gasteiger partial charge in [0, 0.05) is 10.9 Å². The molecule has 0 fully saturated rings. The molecule has 0 aliphatic rings. The largest absolute Gasteiger partial charge is 0.462 e. The highest BCUT2D eigenvalue weighted by molar-refractivity contribution is 6.23. The van der Waals surface area contributed by atoms with Crippen molar-refractivity contribution in [3.8, 4) is 11.3 Å². The first-order valence-electron chi connectivity index (χ1n) is 11.7. The van der Waals surface area contributed by atoms with E-state index in [-0.39, 0.29) is 24.3 Å². The van der Waals surface area contributed by atoms with Crippen LogP contribution in [-0.2, 0) is 9.47 Å². The summed E-state index contributed by atoms with van der Waals surface area (Å²) in [7, 11) is 0. The molecule has 0 saturated heterocycles. The summed E-state index contributed by atoms with van der Waals surface area (Å²) < 4.78 is 10.9. The third-order valence-electron chi connectivity index (χ3n) is 6.12. The van der Waals surface area contributed by atoms with Gasteiger partial charge in [-0.1, -0.05) is 60.2 Å². The number of benzene rings is 4. The van der Waals surface area contributed by atoms with E-state index < -0.39 is 11.9 Å². The Morgan fingerprint density at radius 3 is 2.03 bits per heavy atom. The van der Waals surface area contributed by atoms with Crippen molar-refractivity contribution in [2.24, 2.45) is 0 Å². The number of rotatable bonds is 5. The summed E-state index contributed by atoms with van der Waals surface area (Å²) in [5, 5.41) is 4.49. The van der Waals surface area contributed by atoms with Crippen LogP contribution in [0.4, 0.5) is 0 Å². The van der Waals surface area contributed by atoms with Gasteiger partial charge in [-0.3, -0.25) is 0 Å². The highest BCUT2D eigenvalue weighted by atomic mass is 16.5. The highest BCUT2D eigenvalue weighted by Gasteiger charge is 2.29. The van der Waals surface area contributed by atoms with Crippen molar-refractivity contribution in [3.63, 3.8) is 0 Å². The van der Waals surface area contributed by atoms with Crippen LogP contribution in [0.25, 0.3) is 43.7 Å². The number of carbonyl (C=O) groups is 2. The summed E-state index contributed by atoms with van der Waals surface area (Å²) in [6.07, 6.45) is 0. The normalized spacial score (nSPS) is 11.2. The molecule has 5 heteroatoms. The summed E-state index contributed by atoms with van der Waals surface area (Å²) >= 11 is 0. The van der Waals surface area contributed by atoms with E-state index in [2.05, 4.69) is 6.07 Å². The van der Waals surface area contributed by atoms with Gasteiger partial charge in [0.15, 0.2) is 0 Å². The van der Waals surface area contributed by atoms with E-state index in [1.807, 2.05) is 73.7 Å². The minimum atomic E-state index is -0.599. The lowest BCUT2D eigenvalue weighted by Crippen LogP contribution is -2.17. The molecule has 0 amide bonds. The third-order valence-corrected chi connectivity index (χ3v) is 6.12. The van der Waals surface area contributed by atoms with E-state index in [9.17, 15) is 9.59 Å². The highest BCUT2D eigenvalue weighted by Crippen LogP contribution is 2.37. The molecule has 5 rings (SSSR count). The second kappa shape index (κ2) is 9.18. The van der Waals surface area contributed by atoms with Gasteiger partial charge in [0.2, 0.25) is 0 Å². The smallest absolute Gasteiger partial charge is 0.341 e. The van der Waals surface area contributed by atoms with Crippen molar-refractivity contribution in [3.05, 3.63) is 89.5 Å². The van der Waals surface area contributed by atoms with E-state index in [0.29, 0.717) is 16.6 Å². The zero-order chi connectivity index (χ0) is 24.5. The lowest BCUT2D eigenvalue weighted by Gasteiger charge is -2.17. The topological polar surface area (TPSA) is 65.5 Å². The molecule has 0 aliphatic heterocycles. The zero-order valence-electron chi connectivity index (χ0n) is 19.9. The Morgan fingerprint density at radius 2 is 1.37 bits per heavy atom. The fourth-order valence-corrected chi connectivity index (χ4v) is 4.51. The molecule has 5 nitrogen and oxygen atoms in total. The van der Waals surface area contributed by atoms with Gasteiger partial charge in [0.25, 0.3) is 0 Å². The summed E-state index contributed by atoms with van der Waals surface area (Å²) in [6.45, 7) is 5.83. The second-order valence-electron chi connectivity index (χ2n) is 8.40. The number of ether oxygens (including phenoxy) is 2. The SMILES string of the molecule is CCOC(=O)c1c(-c2ccc(C)cc2)nc2ccc3cc4ccccc4cc3c2c1C(=O)OCC. The van der Waals surface area contributed by atoms with Crippen LogP contribution in [0.5, 0.6) is 0 Å². The van der Waals surface area contributed by atoms with Gasteiger partial charge in [-0.05, 0) is 60.5 Å². The first-order chi connectivity index (χ1) is 17.0. The summed E-state index contributed by atoms with van der Waals surface area (Å²) in [4.78, 5) is 31.7. The third kappa shape index (κ3) is 3.99. The van der Waals surface area contributed by atoms with Crippen LogP contribution in [-0.4, -0.2) is 30.1 Å². The number of pyridine rings is 1. The Kier molecular flexibility index (Phi) is 5.91. The molecule has 1 heterocycles. The number of esters is 2. The van der Waals surface area contributed by atoms with Gasteiger partial charge in [-0.15, -0.1) is 0 Å². The Balaban J connectivity index is 1.96. The van der Waals surface area contributed by atoms with Crippen LogP contribution in [0.3, 0.4) is 0 Å². The molecule has 0 unspecified atom stereocenters. The number of aryl methyl sites for hydroxylation is 1. The minimum absolute atomic E-state index is 0.127. The van der Waals surface area contributed by atoms with E-state index in [4.69, 9.17) is 14.5 Å². The zero-order valence-corrected chi connectivity index (χ0v) is 19.9. The quantitative estimate of drug-likeness (QED) is 0.162. The molecule has 0 aliphatic carbocycles. The molecule has 0 bridgehead atoms. The fourth-order valence-electron chi connectivity index (χ4n) is 4.51. The van der Waals surface area contributed by atoms with Crippen molar-refractivity contribution in [1.82, 2.24) is 4.98 Å². The minimum Gasteiger partial charge on any atom is -0.462 e. The maximum absolute atomic E-state index is 13.5. The molecular formula is C30H25NO4. The Labute approximate surface area is 203 Å². The Hall–Kier alpha value is -4.25. The van der Waals surface area contributed by atoms with Crippen molar-refractivity contribution in [2.45, 2.75) is 20.8 Å². The van der Waals surface area contributed by atoms with Crippen molar-refractivity contribution >= 4 is 44.4 Å². The van der Waals surface area contributed by atoms with Crippen molar-refractivity contribution in [1.29, 1.82) is 0 Å². The maximum atomic E-state index is 13.5. The predicted molar refractivity (Wildman–Crippen MR) is 139 cm³/mol. The molecule has 35 heavy (non-hydrogen) atoms. The van der Waals surface area contributed by atoms with Gasteiger partial charge >= 0.3 is 11.9 Å². The van der Waals surface area contributed by atoms with E-state index in [1.54, 1.807) is 13.8 Å². The molecular weight excluding hydrogens is 438 g/mol. The first-order valence-corrected chi connectivity index (χ1v) is 11.7. The van der Waals surface area contributed by atoms with Crippen LogP contribution in [0.2, 0.25) is 0 Å². The Bertz CT molecular complexity index is 1600. The average Bonchev–Trinajstić information content (AvgIpc) is 2.87. The Morgan fingerprint density at radius 1 is 0.743 bits per heavy atom. The predicted octanol–water partition coefficient (Wildman–Crippen LogP) is 6.87. The number of aromatic nitrogens is 1. The van der Waals surface area contributed by atoms with Crippen molar-refractivity contribution in [2.75, 3.05) is 13.2 Å². The molecule has 174 valence electrons. The molecule has 0 N–H and O–H groups in total.